The van der Waals surface area contributed by atoms with Gasteiger partial charge in [-0.3, -0.25) is 9.69 Å². The van der Waals surface area contributed by atoms with Gasteiger partial charge in [0.05, 0.1) is 30.2 Å². The number of thiazole rings is 2. The molecule has 1 amide bonds. The maximum absolute atomic E-state index is 13.5. The molecular formula is C29H24N4OS4. The van der Waals surface area contributed by atoms with Gasteiger partial charge in [-0.15, -0.1) is 45.3 Å². The van der Waals surface area contributed by atoms with E-state index in [2.05, 4.69) is 48.3 Å². The van der Waals surface area contributed by atoms with Crippen LogP contribution in [0.4, 0.5) is 5.00 Å². The van der Waals surface area contributed by atoms with Crippen molar-refractivity contribution in [1.82, 2.24) is 14.9 Å². The van der Waals surface area contributed by atoms with Gasteiger partial charge in [-0.25, -0.2) is 9.97 Å². The van der Waals surface area contributed by atoms with Crippen molar-refractivity contribution in [2.45, 2.75) is 32.9 Å². The van der Waals surface area contributed by atoms with E-state index >= 15 is 0 Å². The van der Waals surface area contributed by atoms with Crippen LogP contribution in [-0.4, -0.2) is 33.4 Å². The number of thiophene rings is 2. The first-order valence-corrected chi connectivity index (χ1v) is 15.8. The van der Waals surface area contributed by atoms with Crippen LogP contribution in [0.2, 0.25) is 0 Å². The Hall–Kier alpha value is -2.95. The average molecular weight is 573 g/mol. The molecular weight excluding hydrogens is 549 g/mol. The number of para-hydroxylation sites is 2. The maximum Gasteiger partial charge on any atom is 0.266 e. The van der Waals surface area contributed by atoms with Gasteiger partial charge in [0, 0.05) is 29.6 Å². The molecule has 0 radical (unpaired) electrons. The lowest BCUT2D eigenvalue weighted by molar-refractivity contribution is 0.103. The molecule has 1 aliphatic rings. The Morgan fingerprint density at radius 3 is 2.26 bits per heavy atom. The van der Waals surface area contributed by atoms with E-state index in [0.717, 1.165) is 65.4 Å². The van der Waals surface area contributed by atoms with E-state index in [0.29, 0.717) is 10.9 Å². The van der Waals surface area contributed by atoms with Crippen LogP contribution in [0.5, 0.6) is 0 Å². The van der Waals surface area contributed by atoms with Gasteiger partial charge in [0.25, 0.3) is 5.91 Å². The van der Waals surface area contributed by atoms with Crippen LogP contribution in [0.1, 0.15) is 34.0 Å². The van der Waals surface area contributed by atoms with Gasteiger partial charge in [0.1, 0.15) is 15.0 Å². The molecule has 0 saturated heterocycles. The quantitative estimate of drug-likeness (QED) is 0.225. The zero-order valence-corrected chi connectivity index (χ0v) is 24.1. The molecule has 0 aliphatic carbocycles. The Morgan fingerprint density at radius 1 is 0.868 bits per heavy atom. The predicted molar refractivity (Wildman–Crippen MR) is 163 cm³/mol. The lowest BCUT2D eigenvalue weighted by Crippen LogP contribution is -2.35. The Labute approximate surface area is 236 Å². The van der Waals surface area contributed by atoms with Crippen molar-refractivity contribution in [3.05, 3.63) is 76.0 Å². The zero-order valence-electron chi connectivity index (χ0n) is 20.9. The fourth-order valence-electron chi connectivity index (χ4n) is 4.87. The number of benzene rings is 2. The third-order valence-electron chi connectivity index (χ3n) is 6.89. The first-order valence-electron chi connectivity index (χ1n) is 12.5. The lowest BCUT2D eigenvalue weighted by atomic mass is 10.0. The van der Waals surface area contributed by atoms with Crippen molar-refractivity contribution in [3.8, 4) is 20.5 Å². The Morgan fingerprint density at radius 2 is 1.55 bits per heavy atom. The van der Waals surface area contributed by atoms with Gasteiger partial charge in [-0.1, -0.05) is 24.3 Å². The van der Waals surface area contributed by atoms with Gasteiger partial charge in [0.2, 0.25) is 0 Å². The molecule has 5 nitrogen and oxygen atoms in total. The molecule has 6 aromatic rings. The first-order chi connectivity index (χ1) is 18.5. The fraction of sp³-hybridized carbons (Fsp3) is 0.207. The van der Waals surface area contributed by atoms with Crippen molar-refractivity contribution in [3.63, 3.8) is 0 Å². The van der Waals surface area contributed by atoms with Crippen LogP contribution in [0.15, 0.2) is 60.7 Å². The van der Waals surface area contributed by atoms with Crippen LogP contribution in [0, 0.1) is 0 Å². The monoisotopic (exact) mass is 572 g/mol. The van der Waals surface area contributed by atoms with Crippen LogP contribution in [-0.2, 0) is 13.0 Å². The van der Waals surface area contributed by atoms with Gasteiger partial charge < -0.3 is 5.32 Å². The van der Waals surface area contributed by atoms with E-state index in [1.807, 2.05) is 36.4 Å². The van der Waals surface area contributed by atoms with E-state index in [-0.39, 0.29) is 5.91 Å². The van der Waals surface area contributed by atoms with E-state index in [1.54, 1.807) is 34.0 Å². The van der Waals surface area contributed by atoms with Gasteiger partial charge in [-0.2, -0.15) is 0 Å². The van der Waals surface area contributed by atoms with Gasteiger partial charge >= 0.3 is 0 Å². The number of amides is 1. The number of fused-ring (bicyclic) bond motifs is 3. The average Bonchev–Trinajstić information content (AvgIpc) is 3.71. The summed E-state index contributed by atoms with van der Waals surface area (Å²) in [7, 11) is 0. The zero-order chi connectivity index (χ0) is 25.8. The van der Waals surface area contributed by atoms with Crippen molar-refractivity contribution in [2.24, 2.45) is 0 Å². The number of hydrogen-bond acceptors (Lipinski definition) is 8. The number of nitrogens with one attached hydrogen (secondary N) is 1. The second kappa shape index (κ2) is 9.66. The molecule has 0 fully saturated rings. The Bertz CT molecular complexity index is 1740. The molecule has 0 unspecified atom stereocenters. The lowest BCUT2D eigenvalue weighted by Gasteiger charge is -2.30. The standard InChI is InChI=1S/C29H24N4OS4/c1-16(2)33-14-13-17-24(15-33)38-29(25(17)28-31-19-8-4-6-10-21(19)37-28)32-26(34)22-11-12-23(35-22)27-30-18-7-3-5-9-20(18)36-27/h3-12,16H,13-15H2,1-2H3,(H,32,34). The SMILES string of the molecule is CC(C)N1CCc2c(sc(NC(=O)c3ccc(-c4nc5ccccc5s4)s3)c2-c2nc3ccccc3s2)C1. The minimum Gasteiger partial charge on any atom is -0.312 e. The van der Waals surface area contributed by atoms with Gasteiger partial charge in [-0.05, 0) is 62.2 Å². The second-order valence-corrected chi connectivity index (χ2v) is 13.9. The largest absolute Gasteiger partial charge is 0.312 e. The van der Waals surface area contributed by atoms with Crippen molar-refractivity contribution >= 4 is 76.7 Å². The van der Waals surface area contributed by atoms with Crippen LogP contribution in [0.25, 0.3) is 40.9 Å². The van der Waals surface area contributed by atoms with Crippen molar-refractivity contribution in [1.29, 1.82) is 0 Å². The maximum atomic E-state index is 13.5. The molecule has 1 aliphatic heterocycles. The predicted octanol–water partition coefficient (Wildman–Crippen LogP) is 8.38. The molecule has 9 heteroatoms. The van der Waals surface area contributed by atoms with E-state index in [4.69, 9.17) is 9.97 Å². The van der Waals surface area contributed by atoms with E-state index < -0.39 is 0 Å². The topological polar surface area (TPSA) is 58.1 Å². The molecule has 38 heavy (non-hydrogen) atoms. The summed E-state index contributed by atoms with van der Waals surface area (Å²) in [4.78, 5) is 28.8. The summed E-state index contributed by atoms with van der Waals surface area (Å²) < 4.78 is 2.32. The molecule has 0 spiro atoms. The summed E-state index contributed by atoms with van der Waals surface area (Å²) in [5, 5.41) is 6.12. The molecule has 2 aromatic carbocycles. The highest BCUT2D eigenvalue weighted by Gasteiger charge is 2.29. The normalized spacial score (nSPS) is 14.0. The summed E-state index contributed by atoms with van der Waals surface area (Å²) in [5.74, 6) is -0.0796. The van der Waals surface area contributed by atoms with Crippen LogP contribution in [0.3, 0.4) is 0 Å². The Balaban J connectivity index is 1.24. The minimum absolute atomic E-state index is 0.0796. The molecule has 4 aromatic heterocycles. The highest BCUT2D eigenvalue weighted by atomic mass is 32.1. The third-order valence-corrected chi connectivity index (χ3v) is 11.4. The molecule has 1 N–H and O–H groups in total. The van der Waals surface area contributed by atoms with Crippen LogP contribution >= 0.6 is 45.3 Å². The first kappa shape index (κ1) is 24.1. The molecule has 190 valence electrons. The molecule has 0 atom stereocenters. The summed E-state index contributed by atoms with van der Waals surface area (Å²) >= 11 is 6.56. The summed E-state index contributed by atoms with van der Waals surface area (Å²) in [6.07, 6.45) is 0.964. The fourth-order valence-corrected chi connectivity index (χ4v) is 9.18. The summed E-state index contributed by atoms with van der Waals surface area (Å²) in [6, 6.07) is 20.8. The number of anilines is 1. The summed E-state index contributed by atoms with van der Waals surface area (Å²) in [6.45, 7) is 6.42. The smallest absolute Gasteiger partial charge is 0.266 e. The highest BCUT2D eigenvalue weighted by molar-refractivity contribution is 7.26. The minimum atomic E-state index is -0.0796. The third kappa shape index (κ3) is 4.28. The number of hydrogen-bond donors (Lipinski definition) is 1. The molecule has 0 bridgehead atoms. The Kier molecular flexibility index (Phi) is 6.13. The van der Waals surface area contributed by atoms with Gasteiger partial charge in [0.15, 0.2) is 0 Å². The number of nitrogens with zero attached hydrogens (tertiary/aromatic N) is 3. The number of aromatic nitrogens is 2. The molecule has 5 heterocycles. The van der Waals surface area contributed by atoms with Crippen molar-refractivity contribution < 1.29 is 4.79 Å². The number of carbonyl (C=O) groups excluding carboxylic acids is 1. The molecule has 0 saturated carbocycles. The highest BCUT2D eigenvalue weighted by Crippen LogP contribution is 2.46. The van der Waals surface area contributed by atoms with E-state index in [9.17, 15) is 4.79 Å². The van der Waals surface area contributed by atoms with E-state index in [1.165, 1.54) is 21.8 Å². The van der Waals surface area contributed by atoms with Crippen molar-refractivity contribution in [2.75, 3.05) is 11.9 Å². The van der Waals surface area contributed by atoms with Crippen LogP contribution < -0.4 is 5.32 Å². The summed E-state index contributed by atoms with van der Waals surface area (Å²) in [5.41, 5.74) is 4.43. The second-order valence-electron chi connectivity index (χ2n) is 9.61. The molecule has 7 rings (SSSR count). The number of rotatable bonds is 5. The number of carbonyl (C=O) groups is 1.